The van der Waals surface area contributed by atoms with Gasteiger partial charge in [-0.25, -0.2) is 0 Å². The van der Waals surface area contributed by atoms with Gasteiger partial charge in [-0.2, -0.15) is 0 Å². The molecular weight excluding hydrogens is 302 g/mol. The van der Waals surface area contributed by atoms with Crippen molar-refractivity contribution in [3.05, 3.63) is 22.7 Å². The lowest BCUT2D eigenvalue weighted by molar-refractivity contribution is -0.117. The first kappa shape index (κ1) is 14.3. The van der Waals surface area contributed by atoms with Gasteiger partial charge in [0.2, 0.25) is 5.91 Å². The number of benzene rings is 1. The molecule has 1 aromatic carbocycles. The highest BCUT2D eigenvalue weighted by Crippen LogP contribution is 2.24. The largest absolute Gasteiger partial charge is 0.497 e. The van der Waals surface area contributed by atoms with Crippen LogP contribution in [0.15, 0.2) is 27.8 Å². The van der Waals surface area contributed by atoms with E-state index in [2.05, 4.69) is 26.4 Å². The summed E-state index contributed by atoms with van der Waals surface area (Å²) in [6.45, 7) is 1.54. The monoisotopic (exact) mass is 315 g/mol. The van der Waals surface area contributed by atoms with Crippen molar-refractivity contribution in [2.24, 2.45) is 16.8 Å². The Hall–Kier alpha value is -1.76. The number of hydrogen-bond donors (Lipinski definition) is 3. The topological polar surface area (TPSA) is 96.9 Å². The highest BCUT2D eigenvalue weighted by atomic mass is 79.9. The van der Waals surface area contributed by atoms with Gasteiger partial charge in [-0.1, -0.05) is 21.1 Å². The Balaban J connectivity index is 2.85. The van der Waals surface area contributed by atoms with Gasteiger partial charge in [0.15, 0.2) is 5.84 Å². The molecule has 0 aliphatic rings. The number of hydrogen-bond acceptors (Lipinski definition) is 4. The molecule has 0 aromatic heterocycles. The highest BCUT2D eigenvalue weighted by molar-refractivity contribution is 9.10. The van der Waals surface area contributed by atoms with E-state index in [9.17, 15) is 4.79 Å². The zero-order valence-electron chi connectivity index (χ0n) is 9.98. The summed E-state index contributed by atoms with van der Waals surface area (Å²) in [6.07, 6.45) is 0. The van der Waals surface area contributed by atoms with Gasteiger partial charge in [-0.3, -0.25) is 4.79 Å². The number of nitrogens with zero attached hydrogens (tertiary/aromatic N) is 1. The van der Waals surface area contributed by atoms with Gasteiger partial charge < -0.3 is 21.0 Å². The molecule has 0 saturated carbocycles. The summed E-state index contributed by atoms with van der Waals surface area (Å²) < 4.78 is 5.85. The SMILES string of the molecule is COc1cc(Br)cc(NC(=O)C(C)/C(N)=N/O)c1. The minimum Gasteiger partial charge on any atom is -0.497 e. The summed E-state index contributed by atoms with van der Waals surface area (Å²) in [5.74, 6) is -0.629. The third-order valence-electron chi connectivity index (χ3n) is 2.33. The predicted molar refractivity (Wildman–Crippen MR) is 71.9 cm³/mol. The smallest absolute Gasteiger partial charge is 0.234 e. The van der Waals surface area contributed by atoms with Crippen LogP contribution in [0.1, 0.15) is 6.92 Å². The number of amides is 1. The van der Waals surface area contributed by atoms with Crippen molar-refractivity contribution < 1.29 is 14.7 Å². The van der Waals surface area contributed by atoms with Gasteiger partial charge in [-0.05, 0) is 19.1 Å². The quantitative estimate of drug-likeness (QED) is 0.341. The molecule has 1 rings (SSSR count). The van der Waals surface area contributed by atoms with E-state index in [0.717, 1.165) is 4.47 Å². The molecule has 4 N–H and O–H groups in total. The zero-order chi connectivity index (χ0) is 13.7. The number of nitrogens with one attached hydrogen (secondary N) is 1. The molecule has 7 heteroatoms. The Morgan fingerprint density at radius 3 is 2.78 bits per heavy atom. The van der Waals surface area contributed by atoms with E-state index in [-0.39, 0.29) is 11.7 Å². The Bertz CT molecular complexity index is 477. The number of methoxy groups -OCH3 is 1. The van der Waals surface area contributed by atoms with Crippen molar-refractivity contribution in [3.8, 4) is 5.75 Å². The Labute approximate surface area is 113 Å². The van der Waals surface area contributed by atoms with Crippen LogP contribution < -0.4 is 15.8 Å². The predicted octanol–water partition coefficient (Wildman–Crippen LogP) is 1.78. The minimum atomic E-state index is -0.722. The third kappa shape index (κ3) is 3.63. The van der Waals surface area contributed by atoms with Crippen LogP contribution in [0.2, 0.25) is 0 Å². The van der Waals surface area contributed by atoms with E-state index < -0.39 is 5.92 Å². The maximum Gasteiger partial charge on any atom is 0.234 e. The van der Waals surface area contributed by atoms with E-state index in [0.29, 0.717) is 11.4 Å². The van der Waals surface area contributed by atoms with Crippen molar-refractivity contribution in [2.75, 3.05) is 12.4 Å². The molecule has 0 aliphatic heterocycles. The highest BCUT2D eigenvalue weighted by Gasteiger charge is 2.17. The lowest BCUT2D eigenvalue weighted by atomic mass is 10.1. The third-order valence-corrected chi connectivity index (χ3v) is 2.78. The number of carbonyl (C=O) groups is 1. The fourth-order valence-electron chi connectivity index (χ4n) is 1.22. The molecule has 0 bridgehead atoms. The first-order valence-corrected chi connectivity index (χ1v) is 5.90. The van der Waals surface area contributed by atoms with Gasteiger partial charge in [0.1, 0.15) is 5.75 Å². The van der Waals surface area contributed by atoms with Gasteiger partial charge in [-0.15, -0.1) is 0 Å². The molecule has 98 valence electrons. The molecule has 18 heavy (non-hydrogen) atoms. The standard InChI is InChI=1S/C11H14BrN3O3/c1-6(10(13)15-17)11(16)14-8-3-7(12)4-9(5-8)18-2/h3-6,17H,1-2H3,(H2,13,15)(H,14,16). The summed E-state index contributed by atoms with van der Waals surface area (Å²) in [5, 5.41) is 14.0. The summed E-state index contributed by atoms with van der Waals surface area (Å²) in [4.78, 5) is 11.8. The Kier molecular flexibility index (Phi) is 4.96. The summed E-state index contributed by atoms with van der Waals surface area (Å²) in [7, 11) is 1.53. The summed E-state index contributed by atoms with van der Waals surface area (Å²) in [5.41, 5.74) is 5.92. The Morgan fingerprint density at radius 1 is 1.56 bits per heavy atom. The van der Waals surface area contributed by atoms with Crippen LogP contribution in [0.3, 0.4) is 0 Å². The van der Waals surface area contributed by atoms with Crippen LogP contribution in [0.4, 0.5) is 5.69 Å². The number of nitrogens with two attached hydrogens (primary N) is 1. The average molecular weight is 316 g/mol. The molecule has 1 amide bonds. The lowest BCUT2D eigenvalue weighted by Crippen LogP contribution is -2.32. The number of anilines is 1. The Morgan fingerprint density at radius 2 is 2.22 bits per heavy atom. The second-order valence-corrected chi connectivity index (χ2v) is 4.53. The van der Waals surface area contributed by atoms with Gasteiger partial charge in [0.25, 0.3) is 0 Å². The van der Waals surface area contributed by atoms with Gasteiger partial charge in [0.05, 0.1) is 13.0 Å². The first-order chi connectivity index (χ1) is 8.47. The van der Waals surface area contributed by atoms with Crippen molar-refractivity contribution in [1.82, 2.24) is 0 Å². The molecule has 1 atom stereocenters. The zero-order valence-corrected chi connectivity index (χ0v) is 11.6. The van der Waals surface area contributed by atoms with Crippen molar-refractivity contribution in [1.29, 1.82) is 0 Å². The molecule has 1 aromatic rings. The summed E-state index contributed by atoms with van der Waals surface area (Å²) >= 11 is 3.30. The lowest BCUT2D eigenvalue weighted by Gasteiger charge is -2.12. The molecular formula is C11H14BrN3O3. The van der Waals surface area contributed by atoms with E-state index in [4.69, 9.17) is 15.7 Å². The molecule has 1 unspecified atom stereocenters. The van der Waals surface area contributed by atoms with E-state index in [1.165, 1.54) is 7.11 Å². The van der Waals surface area contributed by atoms with Crippen LogP contribution in [-0.4, -0.2) is 24.1 Å². The van der Waals surface area contributed by atoms with Crippen molar-refractivity contribution in [2.45, 2.75) is 6.92 Å². The van der Waals surface area contributed by atoms with Crippen LogP contribution in [0.25, 0.3) is 0 Å². The first-order valence-electron chi connectivity index (χ1n) is 5.10. The number of amidine groups is 1. The van der Waals surface area contributed by atoms with E-state index in [1.54, 1.807) is 25.1 Å². The van der Waals surface area contributed by atoms with Crippen LogP contribution in [0, 0.1) is 5.92 Å². The van der Waals surface area contributed by atoms with Crippen molar-refractivity contribution in [3.63, 3.8) is 0 Å². The second kappa shape index (κ2) is 6.25. The molecule has 0 saturated heterocycles. The molecule has 0 fully saturated rings. The maximum atomic E-state index is 11.8. The molecule has 0 aliphatic carbocycles. The molecule has 0 spiro atoms. The minimum absolute atomic E-state index is 0.144. The number of carbonyl (C=O) groups excluding carboxylic acids is 1. The van der Waals surface area contributed by atoms with Crippen LogP contribution in [-0.2, 0) is 4.79 Å². The fraction of sp³-hybridized carbons (Fsp3) is 0.273. The van der Waals surface area contributed by atoms with Gasteiger partial charge in [0, 0.05) is 16.2 Å². The number of rotatable bonds is 4. The number of ether oxygens (including phenoxy) is 1. The number of oxime groups is 1. The normalized spacial score (nSPS) is 12.9. The van der Waals surface area contributed by atoms with Crippen LogP contribution in [0.5, 0.6) is 5.75 Å². The van der Waals surface area contributed by atoms with E-state index >= 15 is 0 Å². The average Bonchev–Trinajstić information content (AvgIpc) is 2.35. The molecule has 0 heterocycles. The summed E-state index contributed by atoms with van der Waals surface area (Å²) in [6, 6.07) is 5.16. The molecule has 0 radical (unpaired) electrons. The second-order valence-electron chi connectivity index (χ2n) is 3.62. The van der Waals surface area contributed by atoms with E-state index in [1.807, 2.05) is 0 Å². The molecule has 6 nitrogen and oxygen atoms in total. The van der Waals surface area contributed by atoms with Crippen molar-refractivity contribution >= 4 is 33.4 Å². The fourth-order valence-corrected chi connectivity index (χ4v) is 1.70. The van der Waals surface area contributed by atoms with Crippen LogP contribution >= 0.6 is 15.9 Å². The van der Waals surface area contributed by atoms with Gasteiger partial charge >= 0.3 is 0 Å². The maximum absolute atomic E-state index is 11.8. The number of halogens is 1.